The third kappa shape index (κ3) is 10.6. The van der Waals surface area contributed by atoms with Crippen molar-refractivity contribution >= 4 is 70.6 Å². The quantitative estimate of drug-likeness (QED) is 0.0726. The van der Waals surface area contributed by atoms with Gasteiger partial charge < -0.3 is 0 Å². The zero-order valence-corrected chi connectivity index (χ0v) is 36.6. The second kappa shape index (κ2) is 21.6. The van der Waals surface area contributed by atoms with Crippen LogP contribution in [0.2, 0.25) is 0 Å². The van der Waals surface area contributed by atoms with Gasteiger partial charge in [0.1, 0.15) is 13.6 Å². The maximum Gasteiger partial charge on any atom is 0.116 e. The van der Waals surface area contributed by atoms with Gasteiger partial charge in [0.2, 0.25) is 0 Å². The van der Waals surface area contributed by atoms with Crippen molar-refractivity contribution in [3.63, 3.8) is 0 Å². The lowest BCUT2D eigenvalue weighted by atomic mass is 9.97. The van der Waals surface area contributed by atoms with Crippen LogP contribution in [0.3, 0.4) is 0 Å². The molecule has 6 heteroatoms. The van der Waals surface area contributed by atoms with E-state index in [0.717, 1.165) is 23.7 Å². The van der Waals surface area contributed by atoms with E-state index in [1.54, 1.807) is 0 Å². The van der Waals surface area contributed by atoms with Crippen molar-refractivity contribution in [3.05, 3.63) is 0 Å². The molecular weight excluding hydrogens is 673 g/mol. The highest BCUT2D eigenvalue weighted by Gasteiger charge is 2.76. The van der Waals surface area contributed by atoms with E-state index in [0.29, 0.717) is 13.6 Å². The van der Waals surface area contributed by atoms with Gasteiger partial charge in [-0.25, -0.2) is 0 Å². The summed E-state index contributed by atoms with van der Waals surface area (Å²) in [4.78, 5) is 0. The van der Waals surface area contributed by atoms with Gasteiger partial charge in [-0.1, -0.05) is 158 Å². The van der Waals surface area contributed by atoms with E-state index < -0.39 is 0 Å². The summed E-state index contributed by atoms with van der Waals surface area (Å²) in [6.45, 7) is 19.6. The smallest absolute Gasteiger partial charge is 0.104 e. The first-order valence-electron chi connectivity index (χ1n) is 20.5. The van der Waals surface area contributed by atoms with Crippen LogP contribution in [0, 0.1) is 23.7 Å². The Bertz CT molecular complexity index is 650. The third-order valence-corrected chi connectivity index (χ3v) is 24.3. The molecule has 4 rings (SSSR count). The molecule has 46 heavy (non-hydrogen) atoms. The van der Waals surface area contributed by atoms with Gasteiger partial charge in [-0.15, -0.1) is 70.6 Å². The molecule has 0 N–H and O–H groups in total. The summed E-state index contributed by atoms with van der Waals surface area (Å²) in [5, 5.41) is 0. The number of thioether (sulfide) groups is 6. The molecule has 4 aliphatic rings. The zero-order chi connectivity index (χ0) is 33.5. The van der Waals surface area contributed by atoms with Crippen molar-refractivity contribution in [2.75, 3.05) is 0 Å². The van der Waals surface area contributed by atoms with Crippen LogP contribution < -0.4 is 0 Å². The van der Waals surface area contributed by atoms with Gasteiger partial charge in [-0.2, -0.15) is 0 Å². The highest BCUT2D eigenvalue weighted by molar-refractivity contribution is 8.64. The Kier molecular flexibility index (Phi) is 19.9. The molecule has 4 heterocycles. The summed E-state index contributed by atoms with van der Waals surface area (Å²) >= 11 is 15.5. The minimum Gasteiger partial charge on any atom is -0.104 e. The third-order valence-electron chi connectivity index (χ3n) is 10.9. The molecule has 4 aliphatic heterocycles. The highest BCUT2D eigenvalue weighted by atomic mass is 32.4. The molecule has 4 saturated heterocycles. The van der Waals surface area contributed by atoms with Gasteiger partial charge in [0.25, 0.3) is 0 Å². The van der Waals surface area contributed by atoms with Gasteiger partial charge in [-0.05, 0) is 75.0 Å². The number of hydrogen-bond acceptors (Lipinski definition) is 6. The molecule has 0 aromatic carbocycles. The maximum absolute atomic E-state index is 2.58. The molecule has 4 fully saturated rings. The summed E-state index contributed by atoms with van der Waals surface area (Å²) in [6, 6.07) is 0. The van der Waals surface area contributed by atoms with E-state index in [9.17, 15) is 0 Å². The Morgan fingerprint density at radius 2 is 0.457 bits per heavy atom. The Morgan fingerprint density at radius 1 is 0.261 bits per heavy atom. The topological polar surface area (TPSA) is 0 Å². The monoisotopic (exact) mass is 748 g/mol. The predicted molar refractivity (Wildman–Crippen MR) is 227 cm³/mol. The Balaban J connectivity index is 2.25. The Hall–Kier alpha value is 2.10. The van der Waals surface area contributed by atoms with E-state index >= 15 is 0 Å². The SMILES string of the molecule is CCCCCC(CCC)C12SC3(C(CCC)CCCCC)SC(C(CCC)CCCCC)(S1)SC(C(CCC)CCCCC)(S2)S3. The van der Waals surface area contributed by atoms with E-state index in [1.165, 1.54) is 154 Å². The van der Waals surface area contributed by atoms with Crippen molar-refractivity contribution in [1.29, 1.82) is 0 Å². The highest BCUT2D eigenvalue weighted by Crippen LogP contribution is 2.94. The lowest BCUT2D eigenvalue weighted by molar-refractivity contribution is 0.395. The number of rotatable bonds is 28. The molecule has 0 saturated carbocycles. The molecular formula is C40H76S6. The Morgan fingerprint density at radius 3 is 0.609 bits per heavy atom. The average Bonchev–Trinajstić information content (AvgIpc) is 3.03. The first-order chi connectivity index (χ1) is 22.3. The van der Waals surface area contributed by atoms with Gasteiger partial charge >= 0.3 is 0 Å². The van der Waals surface area contributed by atoms with E-state index in [4.69, 9.17) is 0 Å². The van der Waals surface area contributed by atoms with Gasteiger partial charge in [0.15, 0.2) is 0 Å². The van der Waals surface area contributed by atoms with Crippen molar-refractivity contribution in [2.24, 2.45) is 23.7 Å². The van der Waals surface area contributed by atoms with Crippen molar-refractivity contribution in [1.82, 2.24) is 0 Å². The molecule has 0 aliphatic carbocycles. The fourth-order valence-electron chi connectivity index (χ4n) is 8.39. The molecule has 272 valence electrons. The van der Waals surface area contributed by atoms with Crippen LogP contribution in [-0.4, -0.2) is 13.6 Å². The summed E-state index contributed by atoms with van der Waals surface area (Å²) in [6.07, 6.45) is 33.7. The molecule has 0 aromatic heterocycles. The first-order valence-corrected chi connectivity index (χ1v) is 25.4. The molecule has 4 unspecified atom stereocenters. The predicted octanol–water partition coefficient (Wildman–Crippen LogP) is 17.0. The summed E-state index contributed by atoms with van der Waals surface area (Å²) in [7, 11) is 0. The Labute approximate surface area is 315 Å². The second-order valence-electron chi connectivity index (χ2n) is 15.0. The standard InChI is InChI=1S/C40H76S6/c1-9-17-21-29-33(25-13-5)37-41-38(34(26-14-6)30-22-18-10-2)44-39(42-37,35(27-15-7)31-23-19-11-3)46-40(43-37,45-38)36(28-16-8)32-24-20-12-4/h33-36H,9-32H2,1-8H3. The normalized spacial score (nSPS) is 31.3. The summed E-state index contributed by atoms with van der Waals surface area (Å²) in [5.74, 6) is 3.33. The lowest BCUT2D eigenvalue weighted by Gasteiger charge is -2.72. The van der Waals surface area contributed by atoms with Crippen LogP contribution in [0.1, 0.15) is 209 Å². The second-order valence-corrected chi connectivity index (χ2v) is 27.0. The van der Waals surface area contributed by atoms with Crippen LogP contribution in [-0.2, 0) is 0 Å². The zero-order valence-electron chi connectivity index (χ0n) is 31.7. The number of hydrogen-bond donors (Lipinski definition) is 0. The molecule has 0 aromatic rings. The van der Waals surface area contributed by atoms with Crippen LogP contribution in [0.15, 0.2) is 0 Å². The largest absolute Gasteiger partial charge is 0.116 e. The van der Waals surface area contributed by atoms with E-state index in [1.807, 2.05) is 0 Å². The fraction of sp³-hybridized carbons (Fsp3) is 1.00. The van der Waals surface area contributed by atoms with Crippen LogP contribution in [0.4, 0.5) is 0 Å². The average molecular weight is 749 g/mol. The van der Waals surface area contributed by atoms with Crippen LogP contribution >= 0.6 is 70.6 Å². The minimum atomic E-state index is 0.315. The maximum atomic E-state index is 2.58. The molecule has 0 spiro atoms. The molecule has 0 amide bonds. The molecule has 0 nitrogen and oxygen atoms in total. The number of unbranched alkanes of at least 4 members (excludes halogenated alkanes) is 8. The van der Waals surface area contributed by atoms with Gasteiger partial charge in [-0.3, -0.25) is 0 Å². The van der Waals surface area contributed by atoms with Crippen molar-refractivity contribution in [3.8, 4) is 0 Å². The van der Waals surface area contributed by atoms with Crippen molar-refractivity contribution in [2.45, 2.75) is 223 Å². The van der Waals surface area contributed by atoms with Crippen LogP contribution in [0.5, 0.6) is 0 Å². The summed E-state index contributed by atoms with van der Waals surface area (Å²) in [5.41, 5.74) is 0. The molecule has 4 bridgehead atoms. The lowest BCUT2D eigenvalue weighted by Crippen LogP contribution is -2.61. The van der Waals surface area contributed by atoms with Gasteiger partial charge in [0.05, 0.1) is 0 Å². The minimum absolute atomic E-state index is 0.315. The summed E-state index contributed by atoms with van der Waals surface area (Å²) < 4.78 is 1.26. The molecule has 0 radical (unpaired) electrons. The van der Waals surface area contributed by atoms with Crippen LogP contribution in [0.25, 0.3) is 0 Å². The van der Waals surface area contributed by atoms with E-state index in [-0.39, 0.29) is 0 Å². The van der Waals surface area contributed by atoms with E-state index in [2.05, 4.69) is 126 Å². The fourth-order valence-corrected chi connectivity index (χ4v) is 30.9. The van der Waals surface area contributed by atoms with Gasteiger partial charge in [0, 0.05) is 0 Å². The first kappa shape index (κ1) is 42.5. The molecule has 4 atom stereocenters. The van der Waals surface area contributed by atoms with Crippen molar-refractivity contribution < 1.29 is 0 Å².